The Morgan fingerprint density at radius 3 is 2.71 bits per heavy atom. The van der Waals surface area contributed by atoms with Gasteiger partial charge in [0.1, 0.15) is 0 Å². The summed E-state index contributed by atoms with van der Waals surface area (Å²) in [7, 11) is 0. The summed E-state index contributed by atoms with van der Waals surface area (Å²) in [5.74, 6) is -0.408. The van der Waals surface area contributed by atoms with E-state index in [1.54, 1.807) is 6.20 Å². The second-order valence-electron chi connectivity index (χ2n) is 9.49. The highest BCUT2D eigenvalue weighted by Crippen LogP contribution is 2.26. The van der Waals surface area contributed by atoms with E-state index in [2.05, 4.69) is 29.2 Å². The quantitative estimate of drug-likeness (QED) is 0.500. The van der Waals surface area contributed by atoms with Gasteiger partial charge < -0.3 is 16.0 Å². The van der Waals surface area contributed by atoms with Gasteiger partial charge in [-0.05, 0) is 59.2 Å². The lowest BCUT2D eigenvalue weighted by atomic mass is 9.97. The minimum Gasteiger partial charge on any atom is -0.369 e. The van der Waals surface area contributed by atoms with Gasteiger partial charge in [0, 0.05) is 24.7 Å². The molecule has 0 radical (unpaired) electrons. The van der Waals surface area contributed by atoms with Gasteiger partial charge in [-0.15, -0.1) is 0 Å². The topological polar surface area (TPSA) is 106 Å². The first-order chi connectivity index (χ1) is 16.3. The molecule has 1 aliphatic rings. The Labute approximate surface area is 200 Å². The molecule has 180 valence electrons. The van der Waals surface area contributed by atoms with Gasteiger partial charge in [-0.1, -0.05) is 29.8 Å². The molecule has 1 saturated heterocycles. The van der Waals surface area contributed by atoms with Crippen molar-refractivity contribution in [2.75, 3.05) is 26.2 Å². The molecule has 8 nitrogen and oxygen atoms in total. The van der Waals surface area contributed by atoms with E-state index in [1.807, 2.05) is 41.9 Å². The van der Waals surface area contributed by atoms with E-state index in [0.717, 1.165) is 49.0 Å². The van der Waals surface area contributed by atoms with E-state index in [1.165, 1.54) is 5.56 Å². The number of hydrogen-bond acceptors (Lipinski definition) is 5. The van der Waals surface area contributed by atoms with E-state index in [-0.39, 0.29) is 23.8 Å². The monoisotopic (exact) mass is 462 g/mol. The molecule has 0 aliphatic carbocycles. The highest BCUT2D eigenvalue weighted by atomic mass is 16.2. The molecule has 2 amide bonds. The third-order valence-corrected chi connectivity index (χ3v) is 6.49. The van der Waals surface area contributed by atoms with Crippen LogP contribution in [0.2, 0.25) is 0 Å². The summed E-state index contributed by atoms with van der Waals surface area (Å²) in [6, 6.07) is 10.1. The van der Waals surface area contributed by atoms with Gasteiger partial charge in [0.25, 0.3) is 5.91 Å². The maximum absolute atomic E-state index is 13.2. The number of nitrogens with two attached hydrogens (primary N) is 1. The molecular weight excluding hydrogens is 428 g/mol. The van der Waals surface area contributed by atoms with E-state index in [4.69, 9.17) is 10.7 Å². The number of nitrogens with zero attached hydrogens (tertiary/aromatic N) is 4. The van der Waals surface area contributed by atoms with Crippen LogP contribution in [-0.2, 0) is 4.79 Å². The van der Waals surface area contributed by atoms with Gasteiger partial charge in [0.15, 0.2) is 5.65 Å². The number of primary amides is 1. The Hall–Kier alpha value is -3.26. The highest BCUT2D eigenvalue weighted by Gasteiger charge is 2.23. The van der Waals surface area contributed by atoms with E-state index in [0.29, 0.717) is 24.3 Å². The Kier molecular flexibility index (Phi) is 7.26. The molecule has 2 aromatic heterocycles. The molecule has 4 rings (SSSR count). The van der Waals surface area contributed by atoms with Gasteiger partial charge in [0.2, 0.25) is 5.91 Å². The minimum absolute atomic E-state index is 0.0638. The zero-order valence-electron chi connectivity index (χ0n) is 20.3. The number of carbonyl (C=O) groups is 2. The number of hydrogen-bond donors (Lipinski definition) is 2. The average molecular weight is 463 g/mol. The SMILES string of the molecule is Cc1ccc(-c2cc(C(=O)NCCCN3CCCC(C(N)=O)C3)c3cnn(C(C)C)c3n2)cc1. The fourth-order valence-electron chi connectivity index (χ4n) is 4.55. The molecule has 1 fully saturated rings. The molecule has 3 heterocycles. The van der Waals surface area contributed by atoms with Crippen LogP contribution >= 0.6 is 0 Å². The van der Waals surface area contributed by atoms with Crippen LogP contribution in [0.3, 0.4) is 0 Å². The number of nitrogens with one attached hydrogen (secondary N) is 1. The molecule has 0 saturated carbocycles. The van der Waals surface area contributed by atoms with Gasteiger partial charge in [-0.3, -0.25) is 9.59 Å². The zero-order valence-corrected chi connectivity index (χ0v) is 20.3. The number of rotatable bonds is 8. The second kappa shape index (κ2) is 10.3. The molecule has 34 heavy (non-hydrogen) atoms. The molecule has 0 spiro atoms. The third-order valence-electron chi connectivity index (χ3n) is 6.49. The Morgan fingerprint density at radius 2 is 2.00 bits per heavy atom. The van der Waals surface area contributed by atoms with E-state index < -0.39 is 0 Å². The van der Waals surface area contributed by atoms with Crippen molar-refractivity contribution < 1.29 is 9.59 Å². The van der Waals surface area contributed by atoms with Crippen LogP contribution in [0, 0.1) is 12.8 Å². The maximum Gasteiger partial charge on any atom is 0.252 e. The first-order valence-corrected chi connectivity index (χ1v) is 12.1. The van der Waals surface area contributed by atoms with Gasteiger partial charge >= 0.3 is 0 Å². The maximum atomic E-state index is 13.2. The summed E-state index contributed by atoms with van der Waals surface area (Å²) in [6.07, 6.45) is 4.39. The van der Waals surface area contributed by atoms with Crippen LogP contribution in [0.1, 0.15) is 55.1 Å². The molecule has 8 heteroatoms. The Bertz CT molecular complexity index is 1170. The van der Waals surface area contributed by atoms with Gasteiger partial charge in [0.05, 0.1) is 28.8 Å². The third kappa shape index (κ3) is 5.28. The fraction of sp³-hybridized carbons (Fsp3) is 0.462. The molecule has 0 bridgehead atoms. The summed E-state index contributed by atoms with van der Waals surface area (Å²) in [4.78, 5) is 31.8. The number of fused-ring (bicyclic) bond motifs is 1. The summed E-state index contributed by atoms with van der Waals surface area (Å²) in [5, 5.41) is 8.32. The van der Waals surface area contributed by atoms with E-state index >= 15 is 0 Å². The number of benzene rings is 1. The first-order valence-electron chi connectivity index (χ1n) is 12.1. The molecule has 3 N–H and O–H groups in total. The number of carbonyl (C=O) groups excluding carboxylic acids is 2. The van der Waals surface area contributed by atoms with Crippen LogP contribution < -0.4 is 11.1 Å². The van der Waals surface area contributed by atoms with Crippen molar-refractivity contribution >= 4 is 22.8 Å². The summed E-state index contributed by atoms with van der Waals surface area (Å²) < 4.78 is 1.86. The highest BCUT2D eigenvalue weighted by molar-refractivity contribution is 6.06. The fourth-order valence-corrected chi connectivity index (χ4v) is 4.55. The predicted molar refractivity (Wildman–Crippen MR) is 133 cm³/mol. The molecule has 1 unspecified atom stereocenters. The van der Waals surface area contributed by atoms with Gasteiger partial charge in [-0.2, -0.15) is 5.10 Å². The van der Waals surface area contributed by atoms with Crippen molar-refractivity contribution in [2.24, 2.45) is 11.7 Å². The van der Waals surface area contributed by atoms with Crippen molar-refractivity contribution in [1.29, 1.82) is 0 Å². The Morgan fingerprint density at radius 1 is 1.24 bits per heavy atom. The number of pyridine rings is 1. The predicted octanol–water partition coefficient (Wildman–Crippen LogP) is 3.30. The van der Waals surface area contributed by atoms with Crippen LogP contribution in [0.25, 0.3) is 22.3 Å². The summed E-state index contributed by atoms with van der Waals surface area (Å²) in [6.45, 7) is 9.21. The number of likely N-dealkylation sites (tertiary alicyclic amines) is 1. The zero-order chi connectivity index (χ0) is 24.2. The first kappa shape index (κ1) is 23.9. The lowest BCUT2D eigenvalue weighted by Crippen LogP contribution is -2.42. The van der Waals surface area contributed by atoms with Crippen molar-refractivity contribution in [2.45, 2.75) is 46.1 Å². The van der Waals surface area contributed by atoms with Crippen LogP contribution in [0.15, 0.2) is 36.5 Å². The standard InChI is InChI=1S/C26H34N6O2/c1-17(2)32-25-22(15-29-32)21(14-23(30-25)19-9-7-18(3)8-10-19)26(34)28-11-5-13-31-12-4-6-20(16-31)24(27)33/h7-10,14-15,17,20H,4-6,11-13,16H2,1-3H3,(H2,27,33)(H,28,34). The van der Waals surface area contributed by atoms with Crippen molar-refractivity contribution in [3.63, 3.8) is 0 Å². The number of amides is 2. The largest absolute Gasteiger partial charge is 0.369 e. The molecule has 1 aliphatic heterocycles. The smallest absolute Gasteiger partial charge is 0.252 e. The average Bonchev–Trinajstić information content (AvgIpc) is 3.26. The number of aromatic nitrogens is 3. The Balaban J connectivity index is 1.49. The molecule has 3 aromatic rings. The van der Waals surface area contributed by atoms with E-state index in [9.17, 15) is 9.59 Å². The van der Waals surface area contributed by atoms with Gasteiger partial charge in [-0.25, -0.2) is 9.67 Å². The van der Waals surface area contributed by atoms with Crippen molar-refractivity contribution in [3.05, 3.63) is 47.7 Å². The second-order valence-corrected chi connectivity index (χ2v) is 9.49. The number of aryl methyl sites for hydroxylation is 1. The molecule has 1 aromatic carbocycles. The number of piperidine rings is 1. The summed E-state index contributed by atoms with van der Waals surface area (Å²) in [5.41, 5.74) is 9.67. The lowest BCUT2D eigenvalue weighted by Gasteiger charge is -2.31. The van der Waals surface area contributed by atoms with Crippen LogP contribution in [0.4, 0.5) is 0 Å². The molecule has 1 atom stereocenters. The summed E-state index contributed by atoms with van der Waals surface area (Å²) >= 11 is 0. The van der Waals surface area contributed by atoms with Crippen LogP contribution in [-0.4, -0.2) is 57.7 Å². The van der Waals surface area contributed by atoms with Crippen LogP contribution in [0.5, 0.6) is 0 Å². The lowest BCUT2D eigenvalue weighted by molar-refractivity contribution is -0.123. The normalized spacial score (nSPS) is 16.8. The van der Waals surface area contributed by atoms with Crippen molar-refractivity contribution in [3.8, 4) is 11.3 Å². The molecular formula is C26H34N6O2. The minimum atomic E-state index is -0.217. The van der Waals surface area contributed by atoms with Crippen molar-refractivity contribution in [1.82, 2.24) is 25.0 Å².